The highest BCUT2D eigenvalue weighted by Crippen LogP contribution is 2.42. The molecule has 1 unspecified atom stereocenters. The number of phenols is 1. The van der Waals surface area contributed by atoms with Gasteiger partial charge in [-0.1, -0.05) is 6.08 Å². The molecule has 0 spiro atoms. The van der Waals surface area contributed by atoms with E-state index >= 15 is 0 Å². The summed E-state index contributed by atoms with van der Waals surface area (Å²) in [6.07, 6.45) is -2.92. The highest BCUT2D eigenvalue weighted by Gasteiger charge is 2.38. The van der Waals surface area contributed by atoms with Gasteiger partial charge in [-0.2, -0.15) is 26.9 Å². The number of carbonyl (C=O) groups excluding carboxylic acids is 1. The lowest BCUT2D eigenvalue weighted by atomic mass is 9.98. The van der Waals surface area contributed by atoms with E-state index in [4.69, 9.17) is 5.26 Å². The van der Waals surface area contributed by atoms with Crippen LogP contribution in [0, 0.1) is 11.3 Å². The van der Waals surface area contributed by atoms with Crippen LogP contribution in [0.15, 0.2) is 46.4 Å². The molecule has 3 rings (SSSR count). The van der Waals surface area contributed by atoms with Gasteiger partial charge in [-0.05, 0) is 30.7 Å². The van der Waals surface area contributed by atoms with Crippen molar-refractivity contribution in [3.63, 3.8) is 0 Å². The molecule has 28 heavy (non-hydrogen) atoms. The Morgan fingerprint density at radius 2 is 2.04 bits per heavy atom. The van der Waals surface area contributed by atoms with Gasteiger partial charge in [0.1, 0.15) is 12.3 Å². The van der Waals surface area contributed by atoms with Gasteiger partial charge in [0.2, 0.25) is 0 Å². The molecule has 1 aromatic rings. The summed E-state index contributed by atoms with van der Waals surface area (Å²) in [5.74, 6) is -1.22. The fraction of sp³-hybridized carbons (Fsp3) is 0.250. The van der Waals surface area contributed by atoms with E-state index in [1.165, 1.54) is 18.2 Å². The van der Waals surface area contributed by atoms with Gasteiger partial charge in [0.25, 0.3) is 5.91 Å². The molecule has 148 valence electrons. The summed E-state index contributed by atoms with van der Waals surface area (Å²) in [6, 6.07) is 5.69. The van der Waals surface area contributed by atoms with Crippen LogP contribution in [0.4, 0.5) is 18.9 Å². The number of hydrogen-bond acceptors (Lipinski definition) is 6. The number of aromatic hydroxyl groups is 1. The van der Waals surface area contributed by atoms with E-state index in [1.807, 2.05) is 6.07 Å². The third-order valence-electron chi connectivity index (χ3n) is 4.02. The normalized spacial score (nSPS) is 21.6. The van der Waals surface area contributed by atoms with Gasteiger partial charge in [-0.15, -0.1) is 11.8 Å². The number of phenolic OH excluding ortho intramolecular Hbond substituents is 1. The maximum absolute atomic E-state index is 13.0. The molecule has 1 aliphatic carbocycles. The van der Waals surface area contributed by atoms with Crippen molar-refractivity contribution in [1.29, 1.82) is 5.26 Å². The Hall–Kier alpha value is -2.65. The van der Waals surface area contributed by atoms with E-state index in [0.29, 0.717) is 9.20 Å². The number of thioether (sulfide) groups is 1. The molecule has 1 aromatic carbocycles. The first-order chi connectivity index (χ1) is 13.0. The van der Waals surface area contributed by atoms with Crippen molar-refractivity contribution in [2.75, 3.05) is 10.8 Å². The van der Waals surface area contributed by atoms with E-state index < -0.39 is 51.8 Å². The monoisotopic (exact) mass is 431 g/mol. The Kier molecular flexibility index (Phi) is 5.07. The summed E-state index contributed by atoms with van der Waals surface area (Å²) < 4.78 is 65.0. The number of anilines is 1. The average molecular weight is 431 g/mol. The minimum atomic E-state index is -4.51. The molecule has 1 fully saturated rings. The van der Waals surface area contributed by atoms with Crippen LogP contribution in [-0.4, -0.2) is 37.4 Å². The Morgan fingerprint density at radius 3 is 2.57 bits per heavy atom. The lowest BCUT2D eigenvalue weighted by molar-refractivity contribution is -0.117. The summed E-state index contributed by atoms with van der Waals surface area (Å²) in [7, 11) is -4.11. The zero-order chi connectivity index (χ0) is 20.7. The Labute approximate surface area is 162 Å². The summed E-state index contributed by atoms with van der Waals surface area (Å²) in [6.45, 7) is -0.494. The molecule has 2 aliphatic rings. The number of allylic oxidation sites excluding steroid dienone is 3. The SMILES string of the molecule is N#CC1=CC=C(C(F)(F)F)CC1Sc1ccc(N2CC(=O)NS2(=O)=O)c(O)c1. The maximum Gasteiger partial charge on any atom is 0.412 e. The van der Waals surface area contributed by atoms with E-state index in [0.717, 1.165) is 23.9 Å². The molecule has 0 aromatic heterocycles. The summed E-state index contributed by atoms with van der Waals surface area (Å²) >= 11 is 0.941. The van der Waals surface area contributed by atoms with Gasteiger partial charge in [0.05, 0.1) is 11.8 Å². The van der Waals surface area contributed by atoms with Crippen LogP contribution in [0.2, 0.25) is 0 Å². The third-order valence-corrected chi connectivity index (χ3v) is 6.65. The van der Waals surface area contributed by atoms with Crippen molar-refractivity contribution in [1.82, 2.24) is 4.72 Å². The van der Waals surface area contributed by atoms with Crippen molar-refractivity contribution in [3.8, 4) is 11.8 Å². The molecule has 2 N–H and O–H groups in total. The standard InChI is InChI=1S/C16H12F3N3O4S2/c17-16(18,19)10-2-1-9(7-20)14(5-10)27-11-3-4-12(13(23)6-11)22-8-15(24)21-28(22,25)26/h1-4,6,14,23H,5,8H2,(H,21,24). The number of alkyl halides is 3. The maximum atomic E-state index is 13.0. The lowest BCUT2D eigenvalue weighted by Crippen LogP contribution is -2.29. The van der Waals surface area contributed by atoms with Crippen LogP contribution >= 0.6 is 11.8 Å². The Morgan fingerprint density at radius 1 is 1.32 bits per heavy atom. The number of benzene rings is 1. The molecule has 0 bridgehead atoms. The minimum absolute atomic E-state index is 0.140. The summed E-state index contributed by atoms with van der Waals surface area (Å²) in [5.41, 5.74) is -0.755. The van der Waals surface area contributed by atoms with Gasteiger partial charge < -0.3 is 5.11 Å². The zero-order valence-electron chi connectivity index (χ0n) is 13.9. The van der Waals surface area contributed by atoms with Crippen molar-refractivity contribution >= 4 is 33.6 Å². The van der Waals surface area contributed by atoms with E-state index in [-0.39, 0.29) is 11.3 Å². The first-order valence-electron chi connectivity index (χ1n) is 7.72. The number of halogens is 3. The molecule has 7 nitrogen and oxygen atoms in total. The number of nitrogens with zero attached hydrogens (tertiary/aromatic N) is 2. The zero-order valence-corrected chi connectivity index (χ0v) is 15.5. The highest BCUT2D eigenvalue weighted by atomic mass is 32.2. The number of hydrogen-bond donors (Lipinski definition) is 2. The fourth-order valence-corrected chi connectivity index (χ4v) is 5.05. The molecule has 0 saturated carbocycles. The molecule has 1 atom stereocenters. The lowest BCUT2D eigenvalue weighted by Gasteiger charge is -2.23. The number of amides is 1. The van der Waals surface area contributed by atoms with Gasteiger partial charge in [0.15, 0.2) is 0 Å². The van der Waals surface area contributed by atoms with Crippen LogP contribution < -0.4 is 9.03 Å². The number of nitrogens with one attached hydrogen (secondary N) is 1. The predicted molar refractivity (Wildman–Crippen MR) is 94.6 cm³/mol. The van der Waals surface area contributed by atoms with Crippen LogP contribution in [0.1, 0.15) is 6.42 Å². The Bertz CT molecular complexity index is 1040. The molecule has 12 heteroatoms. The second-order valence-corrected chi connectivity index (χ2v) is 8.79. The first kappa shape index (κ1) is 20.1. The van der Waals surface area contributed by atoms with Crippen LogP contribution in [0.5, 0.6) is 5.75 Å². The molecular weight excluding hydrogens is 419 g/mol. The van der Waals surface area contributed by atoms with Crippen LogP contribution in [0.3, 0.4) is 0 Å². The summed E-state index contributed by atoms with van der Waals surface area (Å²) in [5, 5.41) is 18.5. The van der Waals surface area contributed by atoms with Crippen LogP contribution in [0.25, 0.3) is 0 Å². The summed E-state index contributed by atoms with van der Waals surface area (Å²) in [4.78, 5) is 11.7. The van der Waals surface area contributed by atoms with Gasteiger partial charge >= 0.3 is 16.4 Å². The van der Waals surface area contributed by atoms with Gasteiger partial charge in [-0.3, -0.25) is 4.79 Å². The van der Waals surface area contributed by atoms with Crippen molar-refractivity contribution in [2.24, 2.45) is 0 Å². The molecule has 1 aliphatic heterocycles. The highest BCUT2D eigenvalue weighted by molar-refractivity contribution is 8.00. The average Bonchev–Trinajstić information content (AvgIpc) is 2.86. The van der Waals surface area contributed by atoms with E-state index in [2.05, 4.69) is 0 Å². The second kappa shape index (κ2) is 7.06. The fourth-order valence-electron chi connectivity index (χ4n) is 2.71. The van der Waals surface area contributed by atoms with Crippen molar-refractivity contribution in [2.45, 2.75) is 22.7 Å². The van der Waals surface area contributed by atoms with Gasteiger partial charge in [-0.25, -0.2) is 9.03 Å². The van der Waals surface area contributed by atoms with Gasteiger partial charge in [0, 0.05) is 21.3 Å². The quantitative estimate of drug-likeness (QED) is 0.760. The van der Waals surface area contributed by atoms with Crippen LogP contribution in [-0.2, 0) is 15.0 Å². The number of nitriles is 1. The smallest absolute Gasteiger partial charge is 0.412 e. The molecule has 0 radical (unpaired) electrons. The second-order valence-electron chi connectivity index (χ2n) is 5.92. The molecule has 1 heterocycles. The Balaban J connectivity index is 1.84. The minimum Gasteiger partial charge on any atom is -0.506 e. The van der Waals surface area contributed by atoms with Crippen molar-refractivity contribution in [3.05, 3.63) is 41.5 Å². The first-order valence-corrected chi connectivity index (χ1v) is 10.0. The number of rotatable bonds is 3. The van der Waals surface area contributed by atoms with E-state index in [1.54, 1.807) is 4.72 Å². The topological polar surface area (TPSA) is 111 Å². The van der Waals surface area contributed by atoms with E-state index in [9.17, 15) is 31.5 Å². The third kappa shape index (κ3) is 3.95. The molecule has 1 amide bonds. The largest absolute Gasteiger partial charge is 0.506 e. The van der Waals surface area contributed by atoms with Crippen molar-refractivity contribution < 1.29 is 31.5 Å². The molecular formula is C16H12F3N3O4S2. The molecule has 1 saturated heterocycles. The predicted octanol–water partition coefficient (Wildman–Crippen LogP) is 2.38. The number of carbonyl (C=O) groups is 1.